The second-order valence-corrected chi connectivity index (χ2v) is 4.32. The lowest BCUT2D eigenvalue weighted by atomic mass is 10.1. The van der Waals surface area contributed by atoms with Crippen LogP contribution in [0, 0.1) is 5.92 Å². The minimum atomic E-state index is 0.532. The number of rotatable bonds is 4. The summed E-state index contributed by atoms with van der Waals surface area (Å²) in [6.07, 6.45) is 6.32. The zero-order valence-electron chi connectivity index (χ0n) is 9.12. The molecule has 0 fully saturated rings. The van der Waals surface area contributed by atoms with Crippen molar-refractivity contribution in [2.45, 2.75) is 46.6 Å². The molecule has 1 aromatic heterocycles. The molecule has 0 bridgehead atoms. The molecule has 13 heavy (non-hydrogen) atoms. The van der Waals surface area contributed by atoms with Crippen molar-refractivity contribution in [1.82, 2.24) is 9.55 Å². The lowest BCUT2D eigenvalue weighted by molar-refractivity contribution is 0.532. The molecular weight excluding hydrogens is 160 g/mol. The van der Waals surface area contributed by atoms with Gasteiger partial charge in [0.05, 0.1) is 6.33 Å². The highest BCUT2D eigenvalue weighted by Gasteiger charge is 2.05. The summed E-state index contributed by atoms with van der Waals surface area (Å²) in [6.45, 7) is 8.91. The Hall–Kier alpha value is -0.790. The molecule has 0 aliphatic rings. The first-order chi connectivity index (χ1) is 6.11. The second-order valence-electron chi connectivity index (χ2n) is 4.32. The first kappa shape index (κ1) is 10.3. The molecule has 2 heteroatoms. The van der Waals surface area contributed by atoms with Crippen molar-refractivity contribution in [2.24, 2.45) is 5.92 Å². The van der Waals surface area contributed by atoms with E-state index in [4.69, 9.17) is 0 Å². The summed E-state index contributed by atoms with van der Waals surface area (Å²) in [5, 5.41) is 0. The Labute approximate surface area is 81.0 Å². The SMILES string of the molecule is CC(C)CCc1cncn1C(C)C. The number of hydrogen-bond acceptors (Lipinski definition) is 1. The predicted molar refractivity (Wildman–Crippen MR) is 55.8 cm³/mol. The van der Waals surface area contributed by atoms with Gasteiger partial charge in [0.1, 0.15) is 0 Å². The van der Waals surface area contributed by atoms with Crippen LogP contribution in [0.4, 0.5) is 0 Å². The van der Waals surface area contributed by atoms with E-state index in [2.05, 4.69) is 37.2 Å². The van der Waals surface area contributed by atoms with E-state index in [0.717, 1.165) is 12.3 Å². The number of imidazole rings is 1. The molecule has 0 unspecified atom stereocenters. The molecular formula is C11H20N2. The van der Waals surface area contributed by atoms with Gasteiger partial charge in [-0.05, 0) is 32.6 Å². The summed E-state index contributed by atoms with van der Waals surface area (Å²) in [5.74, 6) is 0.774. The minimum absolute atomic E-state index is 0.532. The third-order valence-electron chi connectivity index (χ3n) is 2.28. The van der Waals surface area contributed by atoms with Crippen LogP contribution in [0.5, 0.6) is 0 Å². The standard InChI is InChI=1S/C11H20N2/c1-9(2)5-6-11-7-12-8-13(11)10(3)4/h7-10H,5-6H2,1-4H3. The normalized spacial score (nSPS) is 11.5. The van der Waals surface area contributed by atoms with Gasteiger partial charge in [0.15, 0.2) is 0 Å². The van der Waals surface area contributed by atoms with Gasteiger partial charge in [-0.25, -0.2) is 4.98 Å². The van der Waals surface area contributed by atoms with Crippen molar-refractivity contribution in [2.75, 3.05) is 0 Å². The highest BCUT2D eigenvalue weighted by Crippen LogP contribution is 2.13. The second kappa shape index (κ2) is 4.45. The van der Waals surface area contributed by atoms with Gasteiger partial charge in [-0.15, -0.1) is 0 Å². The van der Waals surface area contributed by atoms with Crippen LogP contribution >= 0.6 is 0 Å². The average Bonchev–Trinajstić information content (AvgIpc) is 2.47. The molecule has 0 saturated heterocycles. The Morgan fingerprint density at radius 2 is 2.00 bits per heavy atom. The lowest BCUT2D eigenvalue weighted by Gasteiger charge is -2.12. The Morgan fingerprint density at radius 1 is 1.31 bits per heavy atom. The van der Waals surface area contributed by atoms with Crippen LogP contribution in [0.1, 0.15) is 45.9 Å². The van der Waals surface area contributed by atoms with Crippen LogP contribution in [0.2, 0.25) is 0 Å². The zero-order chi connectivity index (χ0) is 9.84. The molecule has 0 aliphatic carbocycles. The topological polar surface area (TPSA) is 17.8 Å². The largest absolute Gasteiger partial charge is 0.332 e. The highest BCUT2D eigenvalue weighted by atomic mass is 15.1. The van der Waals surface area contributed by atoms with Gasteiger partial charge < -0.3 is 4.57 Å². The van der Waals surface area contributed by atoms with Gasteiger partial charge in [0, 0.05) is 17.9 Å². The molecule has 0 aromatic carbocycles. The van der Waals surface area contributed by atoms with E-state index in [1.54, 1.807) is 0 Å². The van der Waals surface area contributed by atoms with Crippen molar-refractivity contribution in [3.63, 3.8) is 0 Å². The molecule has 0 aliphatic heterocycles. The van der Waals surface area contributed by atoms with Crippen LogP contribution in [-0.4, -0.2) is 9.55 Å². The summed E-state index contributed by atoms with van der Waals surface area (Å²) >= 11 is 0. The Kier molecular flexibility index (Phi) is 3.52. The van der Waals surface area contributed by atoms with E-state index in [1.165, 1.54) is 12.1 Å². The van der Waals surface area contributed by atoms with Crippen molar-refractivity contribution < 1.29 is 0 Å². The van der Waals surface area contributed by atoms with Crippen molar-refractivity contribution >= 4 is 0 Å². The zero-order valence-corrected chi connectivity index (χ0v) is 9.12. The molecule has 0 radical (unpaired) electrons. The van der Waals surface area contributed by atoms with Crippen LogP contribution < -0.4 is 0 Å². The molecule has 0 spiro atoms. The number of aryl methyl sites for hydroxylation is 1. The van der Waals surface area contributed by atoms with E-state index >= 15 is 0 Å². The van der Waals surface area contributed by atoms with Gasteiger partial charge in [-0.3, -0.25) is 0 Å². The summed E-state index contributed by atoms with van der Waals surface area (Å²) in [5.41, 5.74) is 1.36. The Balaban J connectivity index is 2.60. The fourth-order valence-electron chi connectivity index (χ4n) is 1.43. The fraction of sp³-hybridized carbons (Fsp3) is 0.727. The van der Waals surface area contributed by atoms with Crippen LogP contribution in [0.3, 0.4) is 0 Å². The number of nitrogens with zero attached hydrogens (tertiary/aromatic N) is 2. The highest BCUT2D eigenvalue weighted by molar-refractivity contribution is 4.99. The Morgan fingerprint density at radius 3 is 2.54 bits per heavy atom. The molecule has 0 saturated carbocycles. The molecule has 1 heterocycles. The summed E-state index contributed by atoms with van der Waals surface area (Å²) in [4.78, 5) is 4.18. The molecule has 1 rings (SSSR count). The lowest BCUT2D eigenvalue weighted by Crippen LogP contribution is -2.05. The Bertz CT molecular complexity index is 248. The summed E-state index contributed by atoms with van der Waals surface area (Å²) < 4.78 is 2.25. The van der Waals surface area contributed by atoms with Gasteiger partial charge in [-0.2, -0.15) is 0 Å². The third-order valence-corrected chi connectivity index (χ3v) is 2.28. The van der Waals surface area contributed by atoms with E-state index < -0.39 is 0 Å². The molecule has 74 valence electrons. The smallest absolute Gasteiger partial charge is 0.0950 e. The minimum Gasteiger partial charge on any atom is -0.332 e. The van der Waals surface area contributed by atoms with Gasteiger partial charge >= 0.3 is 0 Å². The van der Waals surface area contributed by atoms with Crippen LogP contribution in [0.15, 0.2) is 12.5 Å². The fourth-order valence-corrected chi connectivity index (χ4v) is 1.43. The average molecular weight is 180 g/mol. The molecule has 0 amide bonds. The van der Waals surface area contributed by atoms with Crippen molar-refractivity contribution in [3.8, 4) is 0 Å². The molecule has 1 aromatic rings. The maximum Gasteiger partial charge on any atom is 0.0950 e. The van der Waals surface area contributed by atoms with E-state index in [1.807, 2.05) is 12.5 Å². The monoisotopic (exact) mass is 180 g/mol. The maximum atomic E-state index is 4.18. The predicted octanol–water partition coefficient (Wildman–Crippen LogP) is 3.05. The third kappa shape index (κ3) is 2.87. The van der Waals surface area contributed by atoms with Gasteiger partial charge in [-0.1, -0.05) is 13.8 Å². The van der Waals surface area contributed by atoms with Crippen molar-refractivity contribution in [1.29, 1.82) is 0 Å². The van der Waals surface area contributed by atoms with E-state index in [9.17, 15) is 0 Å². The number of aromatic nitrogens is 2. The molecule has 2 nitrogen and oxygen atoms in total. The quantitative estimate of drug-likeness (QED) is 0.696. The molecule has 0 atom stereocenters. The van der Waals surface area contributed by atoms with Crippen LogP contribution in [-0.2, 0) is 6.42 Å². The summed E-state index contributed by atoms with van der Waals surface area (Å²) in [6, 6.07) is 0.532. The first-order valence-corrected chi connectivity index (χ1v) is 5.12. The van der Waals surface area contributed by atoms with E-state index in [0.29, 0.717) is 6.04 Å². The number of hydrogen-bond donors (Lipinski definition) is 0. The van der Waals surface area contributed by atoms with Gasteiger partial charge in [0.25, 0.3) is 0 Å². The van der Waals surface area contributed by atoms with Crippen molar-refractivity contribution in [3.05, 3.63) is 18.2 Å². The molecule has 0 N–H and O–H groups in total. The summed E-state index contributed by atoms with van der Waals surface area (Å²) in [7, 11) is 0. The first-order valence-electron chi connectivity index (χ1n) is 5.12. The van der Waals surface area contributed by atoms with E-state index in [-0.39, 0.29) is 0 Å². The maximum absolute atomic E-state index is 4.18. The van der Waals surface area contributed by atoms with Crippen LogP contribution in [0.25, 0.3) is 0 Å². The van der Waals surface area contributed by atoms with Gasteiger partial charge in [0.2, 0.25) is 0 Å².